The molecule has 0 saturated heterocycles. The average molecular weight is 363 g/mol. The van der Waals surface area contributed by atoms with E-state index in [1.807, 2.05) is 54.2 Å². The molecule has 0 fully saturated rings. The third-order valence-corrected chi connectivity index (χ3v) is 4.95. The number of halogens is 2. The predicted octanol–water partition coefficient (Wildman–Crippen LogP) is 4.39. The van der Waals surface area contributed by atoms with E-state index in [4.69, 9.17) is 11.6 Å². The number of benzene rings is 1. The van der Waals surface area contributed by atoms with Crippen molar-refractivity contribution in [3.8, 4) is 6.07 Å². The molecule has 3 nitrogen and oxygen atoms in total. The summed E-state index contributed by atoms with van der Waals surface area (Å²) in [6.45, 7) is 2.49. The van der Waals surface area contributed by atoms with Crippen LogP contribution in [0.15, 0.2) is 52.7 Å². The maximum atomic E-state index is 9.45. The minimum absolute atomic E-state index is 0.133. The number of allylic oxidation sites excluding steroid dienone is 4. The summed E-state index contributed by atoms with van der Waals surface area (Å²) >= 11 is 10.1. The van der Waals surface area contributed by atoms with Crippen LogP contribution in [0.3, 0.4) is 0 Å². The van der Waals surface area contributed by atoms with E-state index in [0.717, 1.165) is 15.4 Å². The third kappa shape index (κ3) is 2.52. The van der Waals surface area contributed by atoms with Crippen LogP contribution in [0.1, 0.15) is 6.92 Å². The fraction of sp³-hybridized carbons (Fsp3) is 0.250. The number of rotatable bonds is 2. The number of nitriles is 1. The lowest BCUT2D eigenvalue weighted by molar-refractivity contribution is 0.428. The minimum atomic E-state index is -0.602. The van der Waals surface area contributed by atoms with E-state index in [0.29, 0.717) is 12.1 Å². The summed E-state index contributed by atoms with van der Waals surface area (Å²) in [5, 5.41) is 15.0. The van der Waals surface area contributed by atoms with E-state index < -0.39 is 4.87 Å². The molecule has 0 aliphatic heterocycles. The monoisotopic (exact) mass is 361 g/mol. The Morgan fingerprint density at radius 2 is 2.24 bits per heavy atom. The molecule has 2 atom stereocenters. The van der Waals surface area contributed by atoms with Gasteiger partial charge in [-0.1, -0.05) is 24.3 Å². The van der Waals surface area contributed by atoms with Crippen molar-refractivity contribution in [3.63, 3.8) is 0 Å². The smallest absolute Gasteiger partial charge is 0.0963 e. The van der Waals surface area contributed by atoms with E-state index in [9.17, 15) is 5.26 Å². The van der Waals surface area contributed by atoms with Crippen molar-refractivity contribution in [1.29, 1.82) is 5.26 Å². The van der Waals surface area contributed by atoms with Crippen LogP contribution < -0.4 is 0 Å². The molecule has 2 unspecified atom stereocenters. The first-order chi connectivity index (χ1) is 10.0. The van der Waals surface area contributed by atoms with E-state index in [1.54, 1.807) is 0 Å². The van der Waals surface area contributed by atoms with Crippen LogP contribution in [-0.2, 0) is 6.54 Å². The van der Waals surface area contributed by atoms with Gasteiger partial charge in [0, 0.05) is 15.8 Å². The molecule has 1 aliphatic rings. The quantitative estimate of drug-likeness (QED) is 0.743. The number of para-hydroxylation sites is 1. The highest BCUT2D eigenvalue weighted by Gasteiger charge is 2.37. The molecule has 21 heavy (non-hydrogen) atoms. The van der Waals surface area contributed by atoms with Gasteiger partial charge in [-0.05, 0) is 35.0 Å². The first-order valence-corrected chi connectivity index (χ1v) is 7.78. The minimum Gasteiger partial charge on any atom is -0.264 e. The Kier molecular flexibility index (Phi) is 3.64. The van der Waals surface area contributed by atoms with Crippen LogP contribution in [-0.4, -0.2) is 14.7 Å². The number of alkyl halides is 1. The van der Waals surface area contributed by atoms with Crippen molar-refractivity contribution >= 4 is 38.4 Å². The van der Waals surface area contributed by atoms with Gasteiger partial charge in [0.15, 0.2) is 0 Å². The van der Waals surface area contributed by atoms with Crippen LogP contribution in [0.4, 0.5) is 0 Å². The average Bonchev–Trinajstić information content (AvgIpc) is 2.87. The van der Waals surface area contributed by atoms with Crippen molar-refractivity contribution in [3.05, 3.63) is 52.7 Å². The summed E-state index contributed by atoms with van der Waals surface area (Å²) in [6, 6.07) is 10.3. The first kappa shape index (κ1) is 14.4. The molecule has 0 spiro atoms. The summed E-state index contributed by atoms with van der Waals surface area (Å²) in [5.74, 6) is -0.133. The van der Waals surface area contributed by atoms with Gasteiger partial charge in [0.05, 0.1) is 34.8 Å². The highest BCUT2D eigenvalue weighted by atomic mass is 79.9. The van der Waals surface area contributed by atoms with Gasteiger partial charge in [0.1, 0.15) is 0 Å². The molecule has 1 aliphatic carbocycles. The van der Waals surface area contributed by atoms with Gasteiger partial charge < -0.3 is 0 Å². The van der Waals surface area contributed by atoms with Crippen LogP contribution in [0.5, 0.6) is 0 Å². The summed E-state index contributed by atoms with van der Waals surface area (Å²) in [6.07, 6.45) is 5.61. The highest BCUT2D eigenvalue weighted by molar-refractivity contribution is 9.11. The zero-order chi connectivity index (χ0) is 15.0. The molecule has 0 radical (unpaired) electrons. The summed E-state index contributed by atoms with van der Waals surface area (Å²) in [7, 11) is 0. The second-order valence-electron chi connectivity index (χ2n) is 5.30. The lowest BCUT2D eigenvalue weighted by Gasteiger charge is -2.32. The maximum Gasteiger partial charge on any atom is 0.0963 e. The van der Waals surface area contributed by atoms with Gasteiger partial charge in [0.2, 0.25) is 0 Å². The Morgan fingerprint density at radius 3 is 3.00 bits per heavy atom. The van der Waals surface area contributed by atoms with Crippen LogP contribution >= 0.6 is 27.5 Å². The van der Waals surface area contributed by atoms with Gasteiger partial charge in [-0.3, -0.25) is 4.68 Å². The number of nitrogens with zero attached hydrogens (tertiary/aromatic N) is 3. The molecular weight excluding hydrogens is 350 g/mol. The highest BCUT2D eigenvalue weighted by Crippen LogP contribution is 2.40. The normalized spacial score (nSPS) is 25.3. The van der Waals surface area contributed by atoms with E-state index in [-0.39, 0.29) is 5.92 Å². The van der Waals surface area contributed by atoms with E-state index >= 15 is 0 Å². The van der Waals surface area contributed by atoms with Gasteiger partial charge in [-0.15, -0.1) is 11.6 Å². The summed E-state index contributed by atoms with van der Waals surface area (Å²) in [5.41, 5.74) is 1.71. The Bertz CT molecular complexity index is 795. The molecule has 2 aromatic rings. The van der Waals surface area contributed by atoms with Crippen molar-refractivity contribution in [2.24, 2.45) is 5.92 Å². The SMILES string of the molecule is CC1(Cl)C=CC(Br)=C(C#N)C1Cn1ncc2ccccc21. The lowest BCUT2D eigenvalue weighted by atomic mass is 9.83. The van der Waals surface area contributed by atoms with Crippen molar-refractivity contribution in [1.82, 2.24) is 9.78 Å². The Labute approximate surface area is 136 Å². The second kappa shape index (κ2) is 5.32. The van der Waals surface area contributed by atoms with Crippen LogP contribution in [0, 0.1) is 17.2 Å². The number of hydrogen-bond acceptors (Lipinski definition) is 2. The van der Waals surface area contributed by atoms with Gasteiger partial charge in [0.25, 0.3) is 0 Å². The van der Waals surface area contributed by atoms with E-state index in [2.05, 4.69) is 27.1 Å². The topological polar surface area (TPSA) is 41.6 Å². The summed E-state index contributed by atoms with van der Waals surface area (Å²) in [4.78, 5) is -0.602. The zero-order valence-corrected chi connectivity index (χ0v) is 13.8. The lowest BCUT2D eigenvalue weighted by Crippen LogP contribution is -2.34. The van der Waals surface area contributed by atoms with Crippen molar-refractivity contribution < 1.29 is 0 Å². The Hall–Kier alpha value is -1.57. The molecule has 5 heteroatoms. The summed E-state index contributed by atoms with van der Waals surface area (Å²) < 4.78 is 2.71. The molecule has 0 amide bonds. The molecule has 1 aromatic heterocycles. The standard InChI is InChI=1S/C16H13BrClN3/c1-16(18)7-6-14(17)12(8-19)13(16)10-21-15-5-3-2-4-11(15)9-20-21/h2-7,9,13H,10H2,1H3. The molecule has 1 aromatic carbocycles. The molecule has 106 valence electrons. The van der Waals surface area contributed by atoms with Crippen molar-refractivity contribution in [2.75, 3.05) is 0 Å². The molecule has 3 rings (SSSR count). The van der Waals surface area contributed by atoms with Crippen molar-refractivity contribution in [2.45, 2.75) is 18.3 Å². The van der Waals surface area contributed by atoms with Crippen LogP contribution in [0.2, 0.25) is 0 Å². The molecule has 0 saturated carbocycles. The molecule has 0 N–H and O–H groups in total. The molecule has 1 heterocycles. The van der Waals surface area contributed by atoms with E-state index in [1.165, 1.54) is 0 Å². The molecule has 0 bridgehead atoms. The van der Waals surface area contributed by atoms with Gasteiger partial charge >= 0.3 is 0 Å². The second-order valence-corrected chi connectivity index (χ2v) is 6.96. The predicted molar refractivity (Wildman–Crippen MR) is 88.2 cm³/mol. The Balaban J connectivity index is 2.03. The van der Waals surface area contributed by atoms with Gasteiger partial charge in [-0.25, -0.2) is 0 Å². The number of hydrogen-bond donors (Lipinski definition) is 0. The molecular formula is C16H13BrClN3. The zero-order valence-electron chi connectivity index (χ0n) is 11.4. The number of fused-ring (bicyclic) bond motifs is 1. The maximum absolute atomic E-state index is 9.45. The van der Waals surface area contributed by atoms with Crippen LogP contribution in [0.25, 0.3) is 10.9 Å². The fourth-order valence-corrected chi connectivity index (χ4v) is 3.37. The third-order valence-electron chi connectivity index (χ3n) is 3.87. The van der Waals surface area contributed by atoms with Gasteiger partial charge in [-0.2, -0.15) is 10.4 Å². The first-order valence-electron chi connectivity index (χ1n) is 6.61. The fourth-order valence-electron chi connectivity index (χ4n) is 2.64. The number of aromatic nitrogens is 2. The largest absolute Gasteiger partial charge is 0.264 e. The Morgan fingerprint density at radius 1 is 1.48 bits per heavy atom.